The maximum Gasteiger partial charge on any atom is 0.481 e. The minimum Gasteiger partial charge on any atom is -0.386 e. The van der Waals surface area contributed by atoms with Crippen LogP contribution in [0.1, 0.15) is 26.5 Å². The molecule has 7 atom stereocenters. The number of ether oxygens (including phenoxy) is 1. The molecule has 2 amide bonds. The molecule has 48 heavy (non-hydrogen) atoms. The van der Waals surface area contributed by atoms with Crippen molar-refractivity contribution in [2.75, 3.05) is 37.8 Å². The smallest absolute Gasteiger partial charge is 0.386 e. The molecule has 2 aromatic heterocycles. The number of nitrogens with one attached hydrogen (secondary N) is 2. The molecule has 3 heterocycles. The Hall–Kier alpha value is -2.11. The molecule has 3 unspecified atom stereocenters. The summed E-state index contributed by atoms with van der Waals surface area (Å²) in [7, 11) is -16.3. The molecule has 0 radical (unpaired) electrons. The highest BCUT2D eigenvalue weighted by atomic mass is 32.1. The number of carbonyl (C=O) groups excluding carboxylic acids is 2. The summed E-state index contributed by atoms with van der Waals surface area (Å²) in [6.45, 7) is 0.723. The molecule has 10 N–H and O–H groups in total. The van der Waals surface area contributed by atoms with Gasteiger partial charge >= 0.3 is 23.5 Å². The van der Waals surface area contributed by atoms with Crippen molar-refractivity contribution in [2.24, 2.45) is 5.41 Å². The molecule has 1 fully saturated rings. The molecule has 0 bridgehead atoms. The number of phosphoric acid groups is 3. The number of nitrogens with two attached hydrogens (primary N) is 1. The molecule has 1 saturated heterocycles. The number of hydrogen-bond acceptors (Lipinski definition) is 17. The first-order chi connectivity index (χ1) is 22.2. The van der Waals surface area contributed by atoms with Gasteiger partial charge in [-0.15, -0.1) is 0 Å². The van der Waals surface area contributed by atoms with Crippen molar-refractivity contribution in [3.8, 4) is 0 Å². The number of aliphatic hydroxyl groups is 2. The van der Waals surface area contributed by atoms with Gasteiger partial charge in [0.2, 0.25) is 11.8 Å². The van der Waals surface area contributed by atoms with E-state index >= 15 is 0 Å². The second kappa shape index (κ2) is 16.3. The van der Waals surface area contributed by atoms with E-state index in [0.29, 0.717) is 12.3 Å². The van der Waals surface area contributed by atoms with E-state index in [4.69, 9.17) is 19.5 Å². The third kappa shape index (κ3) is 11.2. The molecular formula is C21H36N7O16P3S. The fourth-order valence-corrected chi connectivity index (χ4v) is 7.08. The van der Waals surface area contributed by atoms with E-state index < -0.39 is 78.6 Å². The Bertz CT molecular complexity index is 1590. The molecule has 1 aliphatic rings. The van der Waals surface area contributed by atoms with Crippen molar-refractivity contribution in [1.82, 2.24) is 30.2 Å². The number of nitrogen functional groups attached to an aromatic ring is 1. The number of amides is 2. The SMILES string of the molecule is CC(C)(COP(=O)(O)OP(=O)(O)OC[C@H]1OC(n2cnc3c(N)ncnc32)[C@@H](O)[C@@H]1OP(=O)(O)O)[C@@H](O)C(=O)NCCC(=O)NCCS. The third-order valence-electron chi connectivity index (χ3n) is 6.51. The Morgan fingerprint density at radius 2 is 1.77 bits per heavy atom. The fourth-order valence-electron chi connectivity index (χ4n) is 4.14. The van der Waals surface area contributed by atoms with E-state index in [2.05, 4.69) is 47.0 Å². The zero-order valence-corrected chi connectivity index (χ0v) is 28.8. The predicted molar refractivity (Wildman–Crippen MR) is 163 cm³/mol. The van der Waals surface area contributed by atoms with Crippen molar-refractivity contribution in [1.29, 1.82) is 0 Å². The highest BCUT2D eigenvalue weighted by Crippen LogP contribution is 2.61. The summed E-state index contributed by atoms with van der Waals surface area (Å²) in [5, 5.41) is 26.1. The van der Waals surface area contributed by atoms with Crippen molar-refractivity contribution in [3.05, 3.63) is 12.7 Å². The lowest BCUT2D eigenvalue weighted by Crippen LogP contribution is -2.46. The summed E-state index contributed by atoms with van der Waals surface area (Å²) in [6.07, 6.45) is -6.74. The molecule has 0 saturated carbocycles. The van der Waals surface area contributed by atoms with Gasteiger partial charge in [-0.3, -0.25) is 27.7 Å². The van der Waals surface area contributed by atoms with Crippen molar-refractivity contribution in [2.45, 2.75) is 50.9 Å². The van der Waals surface area contributed by atoms with Gasteiger partial charge < -0.3 is 50.9 Å². The molecule has 272 valence electrons. The number of phosphoric ester groups is 3. The number of hydrogen-bond donors (Lipinski definition) is 10. The number of thiol groups is 1. The van der Waals surface area contributed by atoms with Gasteiger partial charge in [0.15, 0.2) is 17.7 Å². The summed E-state index contributed by atoms with van der Waals surface area (Å²) >= 11 is 3.95. The average Bonchev–Trinajstić information content (AvgIpc) is 3.54. The first-order valence-corrected chi connectivity index (χ1v) is 18.8. The van der Waals surface area contributed by atoms with Crippen LogP contribution in [0.5, 0.6) is 0 Å². The normalized spacial score (nSPS) is 23.4. The Morgan fingerprint density at radius 1 is 1.10 bits per heavy atom. The molecule has 27 heteroatoms. The lowest BCUT2D eigenvalue weighted by atomic mass is 9.87. The maximum absolute atomic E-state index is 12.6. The number of fused-ring (bicyclic) bond motifs is 1. The zero-order valence-electron chi connectivity index (χ0n) is 25.2. The Balaban J connectivity index is 1.61. The first kappa shape index (κ1) is 40.3. The summed E-state index contributed by atoms with van der Waals surface area (Å²) in [6, 6.07) is 0. The molecule has 1 aliphatic heterocycles. The number of aliphatic hydroxyl groups excluding tert-OH is 2. The van der Waals surface area contributed by atoms with Crippen LogP contribution in [-0.4, -0.2) is 118 Å². The van der Waals surface area contributed by atoms with Gasteiger partial charge in [-0.25, -0.2) is 28.6 Å². The predicted octanol–water partition coefficient (Wildman–Crippen LogP) is -1.67. The summed E-state index contributed by atoms with van der Waals surface area (Å²) in [5.74, 6) is -0.943. The minimum absolute atomic E-state index is 0.0363. The summed E-state index contributed by atoms with van der Waals surface area (Å²) in [5.41, 5.74) is 4.30. The van der Waals surface area contributed by atoms with Crippen LogP contribution in [0.4, 0.5) is 5.82 Å². The Morgan fingerprint density at radius 3 is 2.42 bits per heavy atom. The Labute approximate surface area is 277 Å². The molecular weight excluding hydrogens is 731 g/mol. The van der Waals surface area contributed by atoms with Crippen LogP contribution in [0.2, 0.25) is 0 Å². The van der Waals surface area contributed by atoms with Crippen LogP contribution in [0.25, 0.3) is 11.2 Å². The number of carbonyl (C=O) groups is 2. The molecule has 0 spiro atoms. The van der Waals surface area contributed by atoms with Gasteiger partial charge in [0.1, 0.15) is 36.3 Å². The van der Waals surface area contributed by atoms with Crippen molar-refractivity contribution < 1.29 is 75.7 Å². The van der Waals surface area contributed by atoms with Gasteiger partial charge in [0, 0.05) is 30.7 Å². The highest BCUT2D eigenvalue weighted by molar-refractivity contribution is 7.80. The molecule has 0 aliphatic carbocycles. The quantitative estimate of drug-likeness (QED) is 0.0599. The van der Waals surface area contributed by atoms with E-state index in [1.165, 1.54) is 13.8 Å². The number of nitrogens with zero attached hydrogens (tertiary/aromatic N) is 4. The zero-order chi connectivity index (χ0) is 36.1. The van der Waals surface area contributed by atoms with E-state index in [1.54, 1.807) is 0 Å². The number of aromatic nitrogens is 4. The molecule has 3 rings (SSSR count). The van der Waals surface area contributed by atoms with E-state index in [0.717, 1.165) is 17.2 Å². The minimum atomic E-state index is -5.54. The van der Waals surface area contributed by atoms with Crippen LogP contribution in [0, 0.1) is 5.41 Å². The van der Waals surface area contributed by atoms with Crippen LogP contribution in [-0.2, 0) is 45.9 Å². The molecule has 23 nitrogen and oxygen atoms in total. The van der Waals surface area contributed by atoms with Crippen LogP contribution >= 0.6 is 36.1 Å². The average molecular weight is 768 g/mol. The monoisotopic (exact) mass is 767 g/mol. The largest absolute Gasteiger partial charge is 0.481 e. The number of rotatable bonds is 18. The highest BCUT2D eigenvalue weighted by Gasteiger charge is 2.50. The summed E-state index contributed by atoms with van der Waals surface area (Å²) in [4.78, 5) is 74.6. The van der Waals surface area contributed by atoms with Gasteiger partial charge in [0.05, 0.1) is 19.5 Å². The maximum atomic E-state index is 12.6. The third-order valence-corrected chi connectivity index (χ3v) is 9.83. The lowest BCUT2D eigenvalue weighted by Gasteiger charge is -2.30. The standard InChI is InChI=1S/C21H36N7O16P3S/c1-21(2,16(31)19(32)24-4-3-12(29)23-5-6-48)8-41-47(38,39)44-46(36,37)40-7-11-15(43-45(33,34)35)14(30)20(42-11)28-10-27-13-17(22)25-9-26-18(13)28/h9-11,14-16,20,30-31,48H,3-8H2,1-2H3,(H,23,29)(H,24,32)(H,36,37)(H,38,39)(H2,22,25,26)(H2,33,34,35)/t11-,14+,15-,16+,20?/m1/s1. The fraction of sp³-hybridized carbons (Fsp3) is 0.667. The number of imidazole rings is 1. The lowest BCUT2D eigenvalue weighted by molar-refractivity contribution is -0.137. The molecule has 2 aromatic rings. The van der Waals surface area contributed by atoms with Gasteiger partial charge in [-0.1, -0.05) is 13.8 Å². The Kier molecular flexibility index (Phi) is 13.7. The second-order valence-electron chi connectivity index (χ2n) is 10.8. The second-order valence-corrected chi connectivity index (χ2v) is 15.5. The molecule has 0 aromatic carbocycles. The topological polar surface area (TPSA) is 347 Å². The van der Waals surface area contributed by atoms with Gasteiger partial charge in [-0.2, -0.15) is 16.9 Å². The van der Waals surface area contributed by atoms with E-state index in [1.807, 2.05) is 0 Å². The van der Waals surface area contributed by atoms with E-state index in [-0.39, 0.29) is 35.9 Å². The van der Waals surface area contributed by atoms with Gasteiger partial charge in [0.25, 0.3) is 0 Å². The van der Waals surface area contributed by atoms with Crippen LogP contribution in [0.15, 0.2) is 12.7 Å². The van der Waals surface area contributed by atoms with Gasteiger partial charge in [-0.05, 0) is 0 Å². The summed E-state index contributed by atoms with van der Waals surface area (Å²) < 4.78 is 61.7. The van der Waals surface area contributed by atoms with Crippen molar-refractivity contribution >= 4 is 64.9 Å². The van der Waals surface area contributed by atoms with E-state index in [9.17, 15) is 53.1 Å². The van der Waals surface area contributed by atoms with Crippen LogP contribution in [0.3, 0.4) is 0 Å². The number of anilines is 1. The van der Waals surface area contributed by atoms with Crippen molar-refractivity contribution in [3.63, 3.8) is 0 Å². The first-order valence-electron chi connectivity index (χ1n) is 13.7. The van der Waals surface area contributed by atoms with Crippen LogP contribution < -0.4 is 16.4 Å².